The number of carbonyl (C=O) groups excluding carboxylic acids is 1. The van der Waals surface area contributed by atoms with E-state index in [0.717, 1.165) is 72.2 Å². The van der Waals surface area contributed by atoms with E-state index in [-0.39, 0.29) is 6.61 Å². The third-order valence-corrected chi connectivity index (χ3v) is 7.16. The molecule has 0 aliphatic carbocycles. The van der Waals surface area contributed by atoms with Crippen LogP contribution < -0.4 is 0 Å². The molecule has 0 saturated heterocycles. The van der Waals surface area contributed by atoms with Crippen molar-refractivity contribution in [2.24, 2.45) is 5.92 Å². The first-order chi connectivity index (χ1) is 19.6. The monoisotopic (exact) mass is 541 g/mol. The van der Waals surface area contributed by atoms with Crippen molar-refractivity contribution in [2.75, 3.05) is 7.11 Å². The van der Waals surface area contributed by atoms with Crippen LogP contribution in [0.5, 0.6) is 0 Å². The van der Waals surface area contributed by atoms with E-state index in [9.17, 15) is 9.90 Å². The SMILES string of the molecule is C#C.C/C=C\Cc1nc(-c2ccc(CCCC(CCC)CCc3ccc(CO)cc3)cc2)cc(C=O)c1C.CO. The van der Waals surface area contributed by atoms with Crippen LogP contribution in [0.1, 0.15) is 84.3 Å². The summed E-state index contributed by atoms with van der Waals surface area (Å²) in [7, 11) is 1.00. The largest absolute Gasteiger partial charge is 0.400 e. The van der Waals surface area contributed by atoms with Crippen LogP contribution in [-0.4, -0.2) is 28.6 Å². The van der Waals surface area contributed by atoms with Crippen LogP contribution in [0.15, 0.2) is 66.7 Å². The lowest BCUT2D eigenvalue weighted by molar-refractivity contribution is 0.112. The number of allylic oxidation sites excluding steroid dienone is 2. The van der Waals surface area contributed by atoms with E-state index in [4.69, 9.17) is 10.1 Å². The second-order valence-electron chi connectivity index (χ2n) is 9.82. The molecule has 214 valence electrons. The molecule has 4 heteroatoms. The molecule has 1 atom stereocenters. The molecule has 1 unspecified atom stereocenters. The molecule has 0 aliphatic rings. The van der Waals surface area contributed by atoms with Gasteiger partial charge >= 0.3 is 0 Å². The van der Waals surface area contributed by atoms with Crippen LogP contribution in [0.2, 0.25) is 0 Å². The maximum Gasteiger partial charge on any atom is 0.150 e. The predicted octanol–water partition coefficient (Wildman–Crippen LogP) is 7.71. The lowest BCUT2D eigenvalue weighted by atomic mass is 9.90. The molecule has 0 bridgehead atoms. The minimum Gasteiger partial charge on any atom is -0.400 e. The van der Waals surface area contributed by atoms with E-state index in [2.05, 4.69) is 62.2 Å². The van der Waals surface area contributed by atoms with Gasteiger partial charge in [0.1, 0.15) is 6.29 Å². The van der Waals surface area contributed by atoms with Crippen molar-refractivity contribution in [1.82, 2.24) is 4.98 Å². The van der Waals surface area contributed by atoms with Crippen molar-refractivity contribution in [3.8, 4) is 24.1 Å². The van der Waals surface area contributed by atoms with Crippen LogP contribution >= 0.6 is 0 Å². The van der Waals surface area contributed by atoms with Crippen molar-refractivity contribution in [3.05, 3.63) is 100 Å². The molecule has 1 aromatic heterocycles. The summed E-state index contributed by atoms with van der Waals surface area (Å²) in [6, 6.07) is 19.0. The number of aliphatic hydroxyl groups is 2. The Morgan fingerprint density at radius 2 is 1.50 bits per heavy atom. The van der Waals surface area contributed by atoms with Crippen molar-refractivity contribution in [2.45, 2.75) is 78.7 Å². The Morgan fingerprint density at radius 3 is 2.08 bits per heavy atom. The van der Waals surface area contributed by atoms with Gasteiger partial charge < -0.3 is 10.2 Å². The smallest absolute Gasteiger partial charge is 0.150 e. The molecule has 2 N–H and O–H groups in total. The van der Waals surface area contributed by atoms with Gasteiger partial charge in [-0.1, -0.05) is 86.9 Å². The number of carbonyl (C=O) groups is 1. The van der Waals surface area contributed by atoms with Crippen molar-refractivity contribution < 1.29 is 15.0 Å². The second-order valence-corrected chi connectivity index (χ2v) is 9.82. The Balaban J connectivity index is 0.00000191. The first kappa shape index (κ1) is 34.5. The summed E-state index contributed by atoms with van der Waals surface area (Å²) in [6.07, 6.45) is 22.1. The topological polar surface area (TPSA) is 70.4 Å². The second kappa shape index (κ2) is 20.4. The fourth-order valence-electron chi connectivity index (χ4n) is 4.84. The summed E-state index contributed by atoms with van der Waals surface area (Å²) in [4.78, 5) is 16.5. The number of hydrogen-bond donors (Lipinski definition) is 2. The number of nitrogens with zero attached hydrogens (tertiary/aromatic N) is 1. The lowest BCUT2D eigenvalue weighted by Crippen LogP contribution is -2.03. The van der Waals surface area contributed by atoms with E-state index in [1.165, 1.54) is 43.2 Å². The molecule has 0 aliphatic heterocycles. The summed E-state index contributed by atoms with van der Waals surface area (Å²) < 4.78 is 0. The quantitative estimate of drug-likeness (QED) is 0.125. The van der Waals surface area contributed by atoms with Crippen LogP contribution in [-0.2, 0) is 25.9 Å². The molecule has 0 spiro atoms. The number of benzene rings is 2. The number of pyridine rings is 1. The van der Waals surface area contributed by atoms with Crippen molar-refractivity contribution in [1.29, 1.82) is 0 Å². The molecule has 40 heavy (non-hydrogen) atoms. The summed E-state index contributed by atoms with van der Waals surface area (Å²) in [6.45, 7) is 6.36. The standard InChI is InChI=1S/C33H41NO2.C2H2.CH4O/c1-4-6-11-32-25(3)31(24-36)22-33(34-32)30-20-18-27(19-21-30)10-7-9-26(8-5-2)12-13-28-14-16-29(23-35)17-15-28;2*1-2/h4,6,14-22,24,26,35H,5,7-13,23H2,1-3H3;1-2H;2H,1H3/b6-4-;;. The van der Waals surface area contributed by atoms with E-state index >= 15 is 0 Å². The molecule has 1 heterocycles. The molecular weight excluding hydrogens is 494 g/mol. The Labute approximate surface area is 242 Å². The Kier molecular flexibility index (Phi) is 17.6. The molecule has 2 aromatic carbocycles. The molecule has 0 amide bonds. The number of terminal acetylenes is 1. The van der Waals surface area contributed by atoms with Gasteiger partial charge in [-0.2, -0.15) is 0 Å². The minimum atomic E-state index is 0.110. The molecular formula is C36H47NO3. The lowest BCUT2D eigenvalue weighted by Gasteiger charge is -2.16. The van der Waals surface area contributed by atoms with Crippen molar-refractivity contribution >= 4 is 6.29 Å². The predicted molar refractivity (Wildman–Crippen MR) is 168 cm³/mol. The molecule has 0 saturated carbocycles. The van der Waals surface area contributed by atoms with E-state index in [0.29, 0.717) is 0 Å². The number of hydrogen-bond acceptors (Lipinski definition) is 4. The zero-order valence-electron chi connectivity index (χ0n) is 24.8. The molecule has 0 fully saturated rings. The highest BCUT2D eigenvalue weighted by molar-refractivity contribution is 5.80. The van der Waals surface area contributed by atoms with E-state index in [1.54, 1.807) is 0 Å². The molecule has 3 rings (SSSR count). The van der Waals surface area contributed by atoms with Crippen molar-refractivity contribution in [3.63, 3.8) is 0 Å². The summed E-state index contributed by atoms with van der Waals surface area (Å²) >= 11 is 0. The summed E-state index contributed by atoms with van der Waals surface area (Å²) in [5.74, 6) is 0.751. The Bertz CT molecular complexity index is 1160. The van der Waals surface area contributed by atoms with Gasteiger partial charge in [0.05, 0.1) is 12.3 Å². The van der Waals surface area contributed by atoms with Crippen LogP contribution in [0.4, 0.5) is 0 Å². The summed E-state index contributed by atoms with van der Waals surface area (Å²) in [5.41, 5.74) is 8.26. The van der Waals surface area contributed by atoms with Gasteiger partial charge in [-0.15, -0.1) is 12.8 Å². The van der Waals surface area contributed by atoms with Gasteiger partial charge in [0, 0.05) is 30.4 Å². The Hall–Kier alpha value is -3.52. The van der Waals surface area contributed by atoms with Crippen LogP contribution in [0.25, 0.3) is 11.3 Å². The van der Waals surface area contributed by atoms with Gasteiger partial charge in [-0.3, -0.25) is 9.78 Å². The summed E-state index contributed by atoms with van der Waals surface area (Å²) in [5, 5.41) is 16.2. The van der Waals surface area contributed by atoms with Gasteiger partial charge in [-0.25, -0.2) is 0 Å². The number of rotatable bonds is 14. The highest BCUT2D eigenvalue weighted by Crippen LogP contribution is 2.25. The zero-order chi connectivity index (χ0) is 29.8. The maximum atomic E-state index is 11.6. The third-order valence-electron chi connectivity index (χ3n) is 7.16. The fraction of sp³-hybridized carbons (Fsp3) is 0.389. The number of aryl methyl sites for hydroxylation is 2. The van der Waals surface area contributed by atoms with Gasteiger partial charge in [0.2, 0.25) is 0 Å². The van der Waals surface area contributed by atoms with Crippen LogP contribution in [0.3, 0.4) is 0 Å². The van der Waals surface area contributed by atoms with E-state index < -0.39 is 0 Å². The number of aldehydes is 1. The third kappa shape index (κ3) is 11.3. The number of aromatic nitrogens is 1. The number of aliphatic hydroxyl groups excluding tert-OH is 2. The van der Waals surface area contributed by atoms with Gasteiger partial charge in [0.15, 0.2) is 0 Å². The Morgan fingerprint density at radius 1 is 0.900 bits per heavy atom. The first-order valence-electron chi connectivity index (χ1n) is 14.2. The highest BCUT2D eigenvalue weighted by atomic mass is 16.3. The zero-order valence-corrected chi connectivity index (χ0v) is 24.8. The van der Waals surface area contributed by atoms with E-state index in [1.807, 2.05) is 38.1 Å². The van der Waals surface area contributed by atoms with Crippen LogP contribution in [0, 0.1) is 25.7 Å². The first-order valence-corrected chi connectivity index (χ1v) is 14.2. The highest BCUT2D eigenvalue weighted by Gasteiger charge is 2.11. The normalized spacial score (nSPS) is 11.2. The van der Waals surface area contributed by atoms with Gasteiger partial charge in [-0.05, 0) is 73.8 Å². The molecule has 3 aromatic rings. The fourth-order valence-corrected chi connectivity index (χ4v) is 4.84. The molecule has 0 radical (unpaired) electrons. The average Bonchev–Trinajstić information content (AvgIpc) is 3.02. The molecule has 4 nitrogen and oxygen atoms in total. The average molecular weight is 542 g/mol. The minimum absolute atomic E-state index is 0.110. The van der Waals surface area contributed by atoms with Gasteiger partial charge in [0.25, 0.3) is 0 Å². The maximum absolute atomic E-state index is 11.6.